The summed E-state index contributed by atoms with van der Waals surface area (Å²) in [4.78, 5) is 0. The number of phenols is 1. The van der Waals surface area contributed by atoms with Crippen LogP contribution < -0.4 is 0 Å². The first kappa shape index (κ1) is 8.46. The maximum absolute atomic E-state index is 12.7. The molecule has 0 saturated carbocycles. The Morgan fingerprint density at radius 1 is 1.36 bits per heavy atom. The van der Waals surface area contributed by atoms with Gasteiger partial charge in [-0.3, -0.25) is 0 Å². The number of rotatable bonds is 1. The normalized spacial score (nSPS) is 10.1. The first-order valence-corrected chi connectivity index (χ1v) is 4.00. The Labute approximate surface area is 70.8 Å². The lowest BCUT2D eigenvalue weighted by Crippen LogP contribution is -1.91. The molecule has 0 atom stereocenters. The van der Waals surface area contributed by atoms with Gasteiger partial charge in [-0.1, -0.05) is 15.9 Å². The van der Waals surface area contributed by atoms with E-state index in [1.165, 1.54) is 0 Å². The molecule has 0 aliphatic heterocycles. The number of halogens is 3. The zero-order valence-electron chi connectivity index (χ0n) is 5.44. The van der Waals surface area contributed by atoms with Crippen molar-refractivity contribution in [1.82, 2.24) is 0 Å². The third-order valence-corrected chi connectivity index (χ3v) is 1.86. The van der Waals surface area contributed by atoms with Gasteiger partial charge in [0.25, 0.3) is 0 Å². The van der Waals surface area contributed by atoms with E-state index in [9.17, 15) is 8.78 Å². The van der Waals surface area contributed by atoms with Crippen LogP contribution in [0.3, 0.4) is 0 Å². The van der Waals surface area contributed by atoms with Crippen LogP contribution in [0.15, 0.2) is 12.1 Å². The number of aromatic hydroxyl groups is 1. The fourth-order valence-corrected chi connectivity index (χ4v) is 1.22. The summed E-state index contributed by atoms with van der Waals surface area (Å²) in [6.45, 7) is 0. The van der Waals surface area contributed by atoms with Crippen LogP contribution in [0.1, 0.15) is 5.56 Å². The average molecular weight is 223 g/mol. The van der Waals surface area contributed by atoms with Gasteiger partial charge in [0.15, 0.2) is 11.6 Å². The molecule has 0 fully saturated rings. The first-order chi connectivity index (χ1) is 5.16. The van der Waals surface area contributed by atoms with Crippen molar-refractivity contribution in [3.05, 3.63) is 29.3 Å². The van der Waals surface area contributed by atoms with Crippen LogP contribution in [0.5, 0.6) is 5.75 Å². The molecule has 0 spiro atoms. The van der Waals surface area contributed by atoms with Crippen LogP contribution in [-0.2, 0) is 5.33 Å². The molecule has 0 heterocycles. The Morgan fingerprint density at radius 2 is 2.00 bits per heavy atom. The molecule has 0 unspecified atom stereocenters. The standard InChI is InChI=1S/C7H5BrF2O/c8-3-4-5(9)1-2-6(11)7(4)10/h1-2,11H,3H2. The summed E-state index contributed by atoms with van der Waals surface area (Å²) >= 11 is 2.90. The molecule has 0 amide bonds. The minimum absolute atomic E-state index is 0.0546. The molecule has 1 nitrogen and oxygen atoms in total. The lowest BCUT2D eigenvalue weighted by atomic mass is 10.2. The summed E-state index contributed by atoms with van der Waals surface area (Å²) in [5.74, 6) is -2.08. The molecule has 0 bridgehead atoms. The zero-order chi connectivity index (χ0) is 8.43. The molecule has 1 aromatic carbocycles. The van der Waals surface area contributed by atoms with E-state index in [-0.39, 0.29) is 10.9 Å². The van der Waals surface area contributed by atoms with Gasteiger partial charge in [0.1, 0.15) is 5.82 Å². The fraction of sp³-hybridized carbons (Fsp3) is 0.143. The Kier molecular flexibility index (Phi) is 2.44. The van der Waals surface area contributed by atoms with Gasteiger partial charge in [-0.25, -0.2) is 8.78 Å². The predicted octanol–water partition coefficient (Wildman–Crippen LogP) is 2.57. The van der Waals surface area contributed by atoms with Gasteiger partial charge >= 0.3 is 0 Å². The smallest absolute Gasteiger partial charge is 0.171 e. The third-order valence-electron chi connectivity index (χ3n) is 1.30. The molecule has 60 valence electrons. The molecular formula is C7H5BrF2O. The van der Waals surface area contributed by atoms with Gasteiger partial charge in [0.2, 0.25) is 0 Å². The van der Waals surface area contributed by atoms with E-state index in [2.05, 4.69) is 15.9 Å². The second kappa shape index (κ2) is 3.17. The minimum atomic E-state index is -0.901. The number of hydrogen-bond donors (Lipinski definition) is 1. The fourth-order valence-electron chi connectivity index (χ4n) is 0.708. The van der Waals surface area contributed by atoms with E-state index in [1.54, 1.807) is 0 Å². The highest BCUT2D eigenvalue weighted by molar-refractivity contribution is 9.08. The van der Waals surface area contributed by atoms with Crippen LogP contribution in [0, 0.1) is 11.6 Å². The van der Waals surface area contributed by atoms with E-state index in [1.807, 2.05) is 0 Å². The molecule has 1 N–H and O–H groups in total. The van der Waals surface area contributed by atoms with Crippen molar-refractivity contribution in [3.63, 3.8) is 0 Å². The van der Waals surface area contributed by atoms with Gasteiger partial charge < -0.3 is 5.11 Å². The van der Waals surface area contributed by atoms with Crippen molar-refractivity contribution < 1.29 is 13.9 Å². The van der Waals surface area contributed by atoms with Crippen molar-refractivity contribution in [3.8, 4) is 5.75 Å². The maximum atomic E-state index is 12.7. The van der Waals surface area contributed by atoms with Gasteiger partial charge in [0, 0.05) is 10.9 Å². The van der Waals surface area contributed by atoms with Gasteiger partial charge in [-0.2, -0.15) is 0 Å². The summed E-state index contributed by atoms with van der Waals surface area (Å²) < 4.78 is 25.4. The molecule has 0 radical (unpaired) electrons. The van der Waals surface area contributed by atoms with Crippen molar-refractivity contribution in [2.45, 2.75) is 5.33 Å². The van der Waals surface area contributed by atoms with Crippen LogP contribution in [-0.4, -0.2) is 5.11 Å². The molecule has 4 heteroatoms. The molecular weight excluding hydrogens is 218 g/mol. The van der Waals surface area contributed by atoms with E-state index in [4.69, 9.17) is 5.11 Å². The van der Waals surface area contributed by atoms with Crippen molar-refractivity contribution in [2.75, 3.05) is 0 Å². The number of benzene rings is 1. The first-order valence-electron chi connectivity index (χ1n) is 2.88. The summed E-state index contributed by atoms with van der Waals surface area (Å²) in [5.41, 5.74) is -0.148. The van der Waals surface area contributed by atoms with Crippen molar-refractivity contribution >= 4 is 15.9 Å². The molecule has 0 saturated heterocycles. The van der Waals surface area contributed by atoms with E-state index < -0.39 is 17.4 Å². The Morgan fingerprint density at radius 3 is 2.45 bits per heavy atom. The molecule has 0 aliphatic rings. The third kappa shape index (κ3) is 1.50. The number of hydrogen-bond acceptors (Lipinski definition) is 1. The van der Waals surface area contributed by atoms with Gasteiger partial charge in [-0.05, 0) is 12.1 Å². The van der Waals surface area contributed by atoms with Crippen LogP contribution in [0.2, 0.25) is 0 Å². The van der Waals surface area contributed by atoms with Crippen molar-refractivity contribution in [2.24, 2.45) is 0 Å². The maximum Gasteiger partial charge on any atom is 0.171 e. The Bertz CT molecular complexity index is 275. The highest BCUT2D eigenvalue weighted by Crippen LogP contribution is 2.23. The Balaban J connectivity index is 3.29. The molecule has 11 heavy (non-hydrogen) atoms. The van der Waals surface area contributed by atoms with E-state index in [0.29, 0.717) is 0 Å². The van der Waals surface area contributed by atoms with E-state index in [0.717, 1.165) is 12.1 Å². The number of phenolic OH excluding ortho intramolecular Hbond substituents is 1. The second-order valence-corrected chi connectivity index (χ2v) is 2.55. The summed E-state index contributed by atoms with van der Waals surface area (Å²) in [6.07, 6.45) is 0. The lowest BCUT2D eigenvalue weighted by molar-refractivity contribution is 0.424. The highest BCUT2D eigenvalue weighted by atomic mass is 79.9. The minimum Gasteiger partial charge on any atom is -0.505 e. The molecule has 1 aromatic rings. The highest BCUT2D eigenvalue weighted by Gasteiger charge is 2.10. The average Bonchev–Trinajstić information content (AvgIpc) is 1.99. The summed E-state index contributed by atoms with van der Waals surface area (Å²) in [6, 6.07) is 2.01. The van der Waals surface area contributed by atoms with Crippen LogP contribution in [0.4, 0.5) is 8.78 Å². The zero-order valence-corrected chi connectivity index (χ0v) is 7.03. The Hall–Kier alpha value is -0.640. The summed E-state index contributed by atoms with van der Waals surface area (Å²) in [5, 5.41) is 8.85. The monoisotopic (exact) mass is 222 g/mol. The van der Waals surface area contributed by atoms with Gasteiger partial charge in [-0.15, -0.1) is 0 Å². The lowest BCUT2D eigenvalue weighted by Gasteiger charge is -2.01. The molecule has 1 rings (SSSR count). The predicted molar refractivity (Wildman–Crippen MR) is 40.7 cm³/mol. The van der Waals surface area contributed by atoms with Crippen LogP contribution >= 0.6 is 15.9 Å². The number of alkyl halides is 1. The second-order valence-electron chi connectivity index (χ2n) is 1.99. The SMILES string of the molecule is Oc1ccc(F)c(CBr)c1F. The topological polar surface area (TPSA) is 20.2 Å². The molecule has 0 aliphatic carbocycles. The van der Waals surface area contributed by atoms with E-state index >= 15 is 0 Å². The molecule has 0 aromatic heterocycles. The quantitative estimate of drug-likeness (QED) is 0.725. The summed E-state index contributed by atoms with van der Waals surface area (Å²) in [7, 11) is 0. The van der Waals surface area contributed by atoms with Gasteiger partial charge in [0.05, 0.1) is 0 Å². The van der Waals surface area contributed by atoms with Crippen LogP contribution in [0.25, 0.3) is 0 Å². The largest absolute Gasteiger partial charge is 0.505 e. The van der Waals surface area contributed by atoms with Crippen molar-refractivity contribution in [1.29, 1.82) is 0 Å².